The van der Waals surface area contributed by atoms with Crippen LogP contribution in [0.5, 0.6) is 5.75 Å². The number of fused-ring (bicyclic) bond motifs is 1. The van der Waals surface area contributed by atoms with E-state index in [4.69, 9.17) is 9.47 Å². The number of nitrogens with one attached hydrogen (secondary N) is 1. The summed E-state index contributed by atoms with van der Waals surface area (Å²) in [5.41, 5.74) is 2.72. The average Bonchev–Trinajstić information content (AvgIpc) is 2.99. The molecule has 0 aromatic heterocycles. The molecule has 0 saturated carbocycles. The number of hydrogen-bond donors (Lipinski definition) is 1. The molecular weight excluding hydrogens is 250 g/mol. The number of ether oxygens (including phenoxy) is 2. The molecule has 3 heteroatoms. The summed E-state index contributed by atoms with van der Waals surface area (Å²) in [6.45, 7) is 5.86. The maximum Gasteiger partial charge on any atom is 0.127 e. The number of para-hydroxylation sites is 1. The average molecular weight is 275 g/mol. The van der Waals surface area contributed by atoms with Crippen LogP contribution in [0.2, 0.25) is 0 Å². The molecule has 3 nitrogen and oxygen atoms in total. The third kappa shape index (κ3) is 2.99. The summed E-state index contributed by atoms with van der Waals surface area (Å²) in [6.07, 6.45) is 4.62. The van der Waals surface area contributed by atoms with Gasteiger partial charge in [-0.15, -0.1) is 0 Å². The van der Waals surface area contributed by atoms with Crippen LogP contribution in [0.25, 0.3) is 0 Å². The van der Waals surface area contributed by atoms with Crippen molar-refractivity contribution in [2.45, 2.75) is 38.6 Å². The fourth-order valence-corrected chi connectivity index (χ4v) is 3.36. The summed E-state index contributed by atoms with van der Waals surface area (Å²) in [4.78, 5) is 0. The van der Waals surface area contributed by atoms with Gasteiger partial charge >= 0.3 is 0 Å². The van der Waals surface area contributed by atoms with Gasteiger partial charge in [0.2, 0.25) is 0 Å². The summed E-state index contributed by atoms with van der Waals surface area (Å²) in [5.74, 6) is 1.82. The van der Waals surface area contributed by atoms with Gasteiger partial charge in [0, 0.05) is 24.8 Å². The molecule has 3 rings (SSSR count). The van der Waals surface area contributed by atoms with Gasteiger partial charge < -0.3 is 14.8 Å². The molecule has 0 aliphatic carbocycles. The smallest absolute Gasteiger partial charge is 0.127 e. The minimum absolute atomic E-state index is 0.389. The Morgan fingerprint density at radius 2 is 2.30 bits per heavy atom. The SMILES string of the molecule is CCNC(CC1CCOC1)c1cccc2c1OCCC2. The van der Waals surface area contributed by atoms with Crippen LogP contribution in [0.4, 0.5) is 0 Å². The standard InChI is InChI=1S/C17H25NO2/c1-2-18-16(11-13-8-10-19-12-13)15-7-3-5-14-6-4-9-20-17(14)15/h3,5,7,13,16,18H,2,4,6,8-12H2,1H3. The second kappa shape index (κ2) is 6.59. The van der Waals surface area contributed by atoms with Gasteiger partial charge in [-0.3, -0.25) is 0 Å². The first-order valence-electron chi connectivity index (χ1n) is 7.94. The topological polar surface area (TPSA) is 30.5 Å². The highest BCUT2D eigenvalue weighted by Gasteiger charge is 2.25. The van der Waals surface area contributed by atoms with Gasteiger partial charge in [-0.05, 0) is 43.7 Å². The summed E-state index contributed by atoms with van der Waals surface area (Å²) < 4.78 is 11.5. The molecule has 20 heavy (non-hydrogen) atoms. The van der Waals surface area contributed by atoms with Crippen LogP contribution in [-0.4, -0.2) is 26.4 Å². The summed E-state index contributed by atoms with van der Waals surface area (Å²) in [6, 6.07) is 7.01. The Kier molecular flexibility index (Phi) is 4.58. The lowest BCUT2D eigenvalue weighted by Gasteiger charge is -2.27. The zero-order chi connectivity index (χ0) is 13.8. The Balaban J connectivity index is 1.82. The van der Waals surface area contributed by atoms with Crippen molar-refractivity contribution in [3.8, 4) is 5.75 Å². The summed E-state index contributed by atoms with van der Waals surface area (Å²) >= 11 is 0. The molecule has 1 N–H and O–H groups in total. The largest absolute Gasteiger partial charge is 0.493 e. The van der Waals surface area contributed by atoms with E-state index in [9.17, 15) is 0 Å². The lowest BCUT2D eigenvalue weighted by atomic mass is 9.91. The zero-order valence-electron chi connectivity index (χ0n) is 12.4. The molecule has 0 bridgehead atoms. The predicted molar refractivity (Wildman–Crippen MR) is 80.2 cm³/mol. The quantitative estimate of drug-likeness (QED) is 0.895. The molecule has 2 atom stereocenters. The third-order valence-electron chi connectivity index (χ3n) is 4.38. The van der Waals surface area contributed by atoms with E-state index in [1.165, 1.54) is 17.5 Å². The van der Waals surface area contributed by atoms with Crippen molar-refractivity contribution in [1.82, 2.24) is 5.32 Å². The summed E-state index contributed by atoms with van der Waals surface area (Å²) in [5, 5.41) is 3.64. The second-order valence-electron chi connectivity index (χ2n) is 5.86. The Morgan fingerprint density at radius 3 is 3.10 bits per heavy atom. The molecule has 2 unspecified atom stereocenters. The molecule has 0 radical (unpaired) electrons. The molecule has 2 aliphatic rings. The predicted octanol–water partition coefficient (Wildman–Crippen LogP) is 3.09. The van der Waals surface area contributed by atoms with Crippen molar-refractivity contribution in [3.63, 3.8) is 0 Å². The van der Waals surface area contributed by atoms with E-state index in [-0.39, 0.29) is 0 Å². The number of rotatable bonds is 5. The van der Waals surface area contributed by atoms with Crippen LogP contribution >= 0.6 is 0 Å². The fourth-order valence-electron chi connectivity index (χ4n) is 3.36. The van der Waals surface area contributed by atoms with E-state index >= 15 is 0 Å². The molecule has 110 valence electrons. The van der Waals surface area contributed by atoms with E-state index in [1.54, 1.807) is 0 Å². The van der Waals surface area contributed by atoms with Gasteiger partial charge in [0.1, 0.15) is 5.75 Å². The van der Waals surface area contributed by atoms with Crippen LogP contribution < -0.4 is 10.1 Å². The number of aryl methyl sites for hydroxylation is 1. The minimum atomic E-state index is 0.389. The summed E-state index contributed by atoms with van der Waals surface area (Å²) in [7, 11) is 0. The molecule has 1 aromatic carbocycles. The number of hydrogen-bond acceptors (Lipinski definition) is 3. The van der Waals surface area contributed by atoms with Gasteiger partial charge in [0.15, 0.2) is 0 Å². The van der Waals surface area contributed by atoms with Crippen LogP contribution in [0.3, 0.4) is 0 Å². The van der Waals surface area contributed by atoms with E-state index in [0.29, 0.717) is 12.0 Å². The first-order valence-corrected chi connectivity index (χ1v) is 7.94. The lowest BCUT2D eigenvalue weighted by molar-refractivity contribution is 0.181. The lowest BCUT2D eigenvalue weighted by Crippen LogP contribution is -2.25. The van der Waals surface area contributed by atoms with Gasteiger partial charge in [-0.2, -0.15) is 0 Å². The van der Waals surface area contributed by atoms with Crippen molar-refractivity contribution in [2.24, 2.45) is 5.92 Å². The normalized spacial score (nSPS) is 23.1. The van der Waals surface area contributed by atoms with E-state index < -0.39 is 0 Å². The fraction of sp³-hybridized carbons (Fsp3) is 0.647. The second-order valence-corrected chi connectivity index (χ2v) is 5.86. The molecule has 1 aromatic rings. The van der Waals surface area contributed by atoms with E-state index in [2.05, 4.69) is 30.4 Å². The minimum Gasteiger partial charge on any atom is -0.493 e. The molecule has 1 fully saturated rings. The van der Waals surface area contributed by atoms with Crippen LogP contribution in [-0.2, 0) is 11.2 Å². The monoisotopic (exact) mass is 275 g/mol. The highest BCUT2D eigenvalue weighted by Crippen LogP contribution is 2.36. The first-order chi connectivity index (χ1) is 9.88. The molecule has 1 saturated heterocycles. The Morgan fingerprint density at radius 1 is 1.35 bits per heavy atom. The van der Waals surface area contributed by atoms with E-state index in [1.807, 2.05) is 0 Å². The maximum atomic E-state index is 5.98. The molecule has 0 amide bonds. The zero-order valence-corrected chi connectivity index (χ0v) is 12.4. The highest BCUT2D eigenvalue weighted by molar-refractivity contribution is 5.44. The van der Waals surface area contributed by atoms with Gasteiger partial charge in [0.25, 0.3) is 0 Å². The van der Waals surface area contributed by atoms with Crippen LogP contribution in [0.15, 0.2) is 18.2 Å². The molecule has 2 heterocycles. The van der Waals surface area contributed by atoms with Crippen molar-refractivity contribution < 1.29 is 9.47 Å². The Labute approximate surface area is 121 Å². The number of benzene rings is 1. The van der Waals surface area contributed by atoms with Gasteiger partial charge in [-0.1, -0.05) is 25.1 Å². The van der Waals surface area contributed by atoms with Gasteiger partial charge in [-0.25, -0.2) is 0 Å². The van der Waals surface area contributed by atoms with E-state index in [0.717, 1.165) is 51.4 Å². The van der Waals surface area contributed by atoms with Crippen molar-refractivity contribution in [3.05, 3.63) is 29.3 Å². The van der Waals surface area contributed by atoms with Crippen molar-refractivity contribution >= 4 is 0 Å². The van der Waals surface area contributed by atoms with Crippen LogP contribution in [0, 0.1) is 5.92 Å². The van der Waals surface area contributed by atoms with Crippen molar-refractivity contribution in [2.75, 3.05) is 26.4 Å². The molecule has 0 spiro atoms. The Bertz CT molecular complexity index is 441. The first kappa shape index (κ1) is 13.9. The Hall–Kier alpha value is -1.06. The maximum absolute atomic E-state index is 5.98. The third-order valence-corrected chi connectivity index (χ3v) is 4.38. The molecule has 2 aliphatic heterocycles. The van der Waals surface area contributed by atoms with Crippen LogP contribution in [0.1, 0.15) is 43.4 Å². The van der Waals surface area contributed by atoms with Gasteiger partial charge in [0.05, 0.1) is 6.61 Å². The highest BCUT2D eigenvalue weighted by atomic mass is 16.5. The van der Waals surface area contributed by atoms with Crippen molar-refractivity contribution in [1.29, 1.82) is 0 Å². The molecular formula is C17H25NO2.